The number of ether oxygens (including phenoxy) is 1. The fraction of sp³-hybridized carbons (Fsp3) is 0.467. The highest BCUT2D eigenvalue weighted by molar-refractivity contribution is 5.81. The van der Waals surface area contributed by atoms with E-state index in [-0.39, 0.29) is 30.8 Å². The van der Waals surface area contributed by atoms with Crippen LogP contribution in [0.2, 0.25) is 0 Å². The van der Waals surface area contributed by atoms with Gasteiger partial charge in [-0.2, -0.15) is 0 Å². The minimum absolute atomic E-state index is 0.0788. The van der Waals surface area contributed by atoms with Crippen LogP contribution < -0.4 is 5.32 Å². The molecule has 0 unspecified atom stereocenters. The Morgan fingerprint density at radius 1 is 1.32 bits per heavy atom. The number of nitrogens with one attached hydrogen (secondary N) is 1. The first kappa shape index (κ1) is 13.6. The van der Waals surface area contributed by atoms with E-state index in [0.29, 0.717) is 0 Å². The van der Waals surface area contributed by atoms with Crippen LogP contribution in [0.15, 0.2) is 24.3 Å². The number of esters is 1. The number of rotatable bonds is 4. The van der Waals surface area contributed by atoms with Crippen molar-refractivity contribution in [3.8, 4) is 0 Å². The molecule has 2 rings (SSSR count). The molecule has 0 bridgehead atoms. The van der Waals surface area contributed by atoms with Crippen molar-refractivity contribution in [1.29, 1.82) is 0 Å². The van der Waals surface area contributed by atoms with Gasteiger partial charge in [0.05, 0.1) is 19.6 Å². The Bertz CT molecular complexity index is 470. The number of hydrogen-bond acceptors (Lipinski definition) is 3. The fourth-order valence-electron chi connectivity index (χ4n) is 2.49. The molecule has 0 spiro atoms. The topological polar surface area (TPSA) is 55.4 Å². The molecule has 19 heavy (non-hydrogen) atoms. The zero-order valence-corrected chi connectivity index (χ0v) is 11.1. The number of hydrogen-bond donors (Lipinski definition) is 1. The zero-order chi connectivity index (χ0) is 13.7. The van der Waals surface area contributed by atoms with Gasteiger partial charge in [0.15, 0.2) is 0 Å². The van der Waals surface area contributed by atoms with E-state index in [1.165, 1.54) is 18.2 Å². The van der Waals surface area contributed by atoms with Crippen LogP contribution in [-0.4, -0.2) is 19.0 Å². The molecular formula is C15H19NO3. The molecule has 1 aromatic rings. The third-order valence-electron chi connectivity index (χ3n) is 3.49. The molecule has 102 valence electrons. The SMILES string of the molecule is COC(=O)CCC(=O)N[C@@H]1CCCc2ccccc21. The average molecular weight is 261 g/mol. The molecule has 0 saturated carbocycles. The van der Waals surface area contributed by atoms with Gasteiger partial charge < -0.3 is 10.1 Å². The number of carbonyl (C=O) groups is 2. The van der Waals surface area contributed by atoms with Crippen LogP contribution in [0, 0.1) is 0 Å². The van der Waals surface area contributed by atoms with Crippen LogP contribution in [0.3, 0.4) is 0 Å². The van der Waals surface area contributed by atoms with Gasteiger partial charge in [0, 0.05) is 6.42 Å². The van der Waals surface area contributed by atoms with Gasteiger partial charge in [-0.15, -0.1) is 0 Å². The van der Waals surface area contributed by atoms with Gasteiger partial charge in [0.25, 0.3) is 0 Å². The van der Waals surface area contributed by atoms with Crippen molar-refractivity contribution in [3.05, 3.63) is 35.4 Å². The normalized spacial score (nSPS) is 17.4. The van der Waals surface area contributed by atoms with E-state index < -0.39 is 0 Å². The zero-order valence-electron chi connectivity index (χ0n) is 11.1. The molecule has 0 radical (unpaired) electrons. The molecule has 1 N–H and O–H groups in total. The van der Waals surface area contributed by atoms with Crippen LogP contribution in [0.25, 0.3) is 0 Å². The lowest BCUT2D eigenvalue weighted by Gasteiger charge is -2.26. The summed E-state index contributed by atoms with van der Waals surface area (Å²) in [5.74, 6) is -0.439. The summed E-state index contributed by atoms with van der Waals surface area (Å²) in [6.07, 6.45) is 3.44. The number of benzene rings is 1. The molecule has 0 aliphatic heterocycles. The molecule has 0 heterocycles. The van der Waals surface area contributed by atoms with Crippen molar-refractivity contribution < 1.29 is 14.3 Å². The summed E-state index contributed by atoms with van der Waals surface area (Å²) in [7, 11) is 1.33. The van der Waals surface area contributed by atoms with Crippen LogP contribution in [-0.2, 0) is 20.7 Å². The van der Waals surface area contributed by atoms with Crippen molar-refractivity contribution in [2.45, 2.75) is 38.1 Å². The van der Waals surface area contributed by atoms with E-state index in [2.05, 4.69) is 22.2 Å². The summed E-state index contributed by atoms with van der Waals surface area (Å²) in [6, 6.07) is 8.29. The summed E-state index contributed by atoms with van der Waals surface area (Å²) in [6.45, 7) is 0. The molecule has 1 amide bonds. The molecule has 1 aliphatic rings. The van der Waals surface area contributed by atoms with E-state index in [0.717, 1.165) is 19.3 Å². The Morgan fingerprint density at radius 2 is 2.11 bits per heavy atom. The second kappa shape index (κ2) is 6.36. The van der Waals surface area contributed by atoms with Gasteiger partial charge >= 0.3 is 5.97 Å². The van der Waals surface area contributed by atoms with E-state index >= 15 is 0 Å². The monoisotopic (exact) mass is 261 g/mol. The quantitative estimate of drug-likeness (QED) is 0.845. The van der Waals surface area contributed by atoms with E-state index in [1.807, 2.05) is 12.1 Å². The van der Waals surface area contributed by atoms with Gasteiger partial charge in [-0.25, -0.2) is 0 Å². The van der Waals surface area contributed by atoms with Gasteiger partial charge in [-0.1, -0.05) is 24.3 Å². The summed E-state index contributed by atoms with van der Waals surface area (Å²) in [5, 5.41) is 3.01. The molecule has 1 atom stereocenters. The Kier molecular flexibility index (Phi) is 4.55. The maximum Gasteiger partial charge on any atom is 0.306 e. The molecule has 0 aromatic heterocycles. The second-order valence-electron chi connectivity index (χ2n) is 4.79. The number of carbonyl (C=O) groups excluding carboxylic acids is 2. The summed E-state index contributed by atoms with van der Waals surface area (Å²) >= 11 is 0. The predicted molar refractivity (Wildman–Crippen MR) is 71.5 cm³/mol. The van der Waals surface area contributed by atoms with Gasteiger partial charge in [-0.3, -0.25) is 9.59 Å². The van der Waals surface area contributed by atoms with Crippen molar-refractivity contribution in [2.24, 2.45) is 0 Å². The Balaban J connectivity index is 1.93. The first-order chi connectivity index (χ1) is 9.20. The van der Waals surface area contributed by atoms with Gasteiger partial charge in [0.1, 0.15) is 0 Å². The smallest absolute Gasteiger partial charge is 0.306 e. The van der Waals surface area contributed by atoms with Crippen molar-refractivity contribution >= 4 is 11.9 Å². The number of fused-ring (bicyclic) bond motifs is 1. The first-order valence-electron chi connectivity index (χ1n) is 6.64. The minimum atomic E-state index is -0.348. The lowest BCUT2D eigenvalue weighted by molar-refractivity contribution is -0.142. The number of amides is 1. The van der Waals surface area contributed by atoms with Crippen molar-refractivity contribution in [2.75, 3.05) is 7.11 Å². The summed E-state index contributed by atoms with van der Waals surface area (Å²) in [4.78, 5) is 22.8. The third kappa shape index (κ3) is 3.56. The molecule has 0 saturated heterocycles. The van der Waals surface area contributed by atoms with Crippen LogP contribution in [0.1, 0.15) is 42.9 Å². The predicted octanol–water partition coefficient (Wildman–Crippen LogP) is 2.13. The highest BCUT2D eigenvalue weighted by atomic mass is 16.5. The molecule has 0 fully saturated rings. The Labute approximate surface area is 113 Å². The minimum Gasteiger partial charge on any atom is -0.469 e. The van der Waals surface area contributed by atoms with Crippen LogP contribution in [0.4, 0.5) is 0 Å². The van der Waals surface area contributed by atoms with E-state index in [1.54, 1.807) is 0 Å². The average Bonchev–Trinajstić information content (AvgIpc) is 2.45. The van der Waals surface area contributed by atoms with E-state index in [4.69, 9.17) is 0 Å². The fourth-order valence-corrected chi connectivity index (χ4v) is 2.49. The van der Waals surface area contributed by atoms with Crippen molar-refractivity contribution in [3.63, 3.8) is 0 Å². The maximum atomic E-state index is 11.8. The summed E-state index contributed by atoms with van der Waals surface area (Å²) in [5.41, 5.74) is 2.52. The van der Waals surface area contributed by atoms with Crippen LogP contribution >= 0.6 is 0 Å². The third-order valence-corrected chi connectivity index (χ3v) is 3.49. The van der Waals surface area contributed by atoms with Gasteiger partial charge in [0.2, 0.25) is 5.91 Å². The highest BCUT2D eigenvalue weighted by Crippen LogP contribution is 2.29. The number of methoxy groups -OCH3 is 1. The highest BCUT2D eigenvalue weighted by Gasteiger charge is 2.21. The molecule has 1 aliphatic carbocycles. The molecule has 4 heteroatoms. The number of aryl methyl sites for hydroxylation is 1. The van der Waals surface area contributed by atoms with Crippen LogP contribution in [0.5, 0.6) is 0 Å². The Hall–Kier alpha value is -1.84. The standard InChI is InChI=1S/C15H19NO3/c1-19-15(18)10-9-14(17)16-13-8-4-6-11-5-2-3-7-12(11)13/h2-3,5,7,13H,4,6,8-10H2,1H3,(H,16,17)/t13-/m1/s1. The molecule has 4 nitrogen and oxygen atoms in total. The van der Waals surface area contributed by atoms with Gasteiger partial charge in [-0.05, 0) is 30.4 Å². The first-order valence-corrected chi connectivity index (χ1v) is 6.64. The Morgan fingerprint density at radius 3 is 2.89 bits per heavy atom. The maximum absolute atomic E-state index is 11.8. The largest absolute Gasteiger partial charge is 0.469 e. The van der Waals surface area contributed by atoms with Crippen molar-refractivity contribution in [1.82, 2.24) is 5.32 Å². The lowest BCUT2D eigenvalue weighted by Crippen LogP contribution is -2.31. The lowest BCUT2D eigenvalue weighted by atomic mass is 9.87. The summed E-state index contributed by atoms with van der Waals surface area (Å²) < 4.78 is 4.53. The molecular weight excluding hydrogens is 242 g/mol. The second-order valence-corrected chi connectivity index (χ2v) is 4.79. The van der Waals surface area contributed by atoms with E-state index in [9.17, 15) is 9.59 Å². The molecule has 1 aromatic carbocycles.